The molecule has 1 amide bonds. The highest BCUT2D eigenvalue weighted by molar-refractivity contribution is 5.82. The molecule has 1 saturated heterocycles. The van der Waals surface area contributed by atoms with Crippen molar-refractivity contribution in [2.45, 2.75) is 38.8 Å². The minimum atomic E-state index is -0.434. The Morgan fingerprint density at radius 1 is 1.19 bits per heavy atom. The zero-order valence-corrected chi connectivity index (χ0v) is 15.2. The average Bonchev–Trinajstić information content (AvgIpc) is 2.68. The molecule has 0 bridgehead atoms. The number of pyridine rings is 1. The summed E-state index contributed by atoms with van der Waals surface area (Å²) < 4.78 is 5.88. The van der Waals surface area contributed by atoms with Crippen LogP contribution < -0.4 is 10.5 Å². The summed E-state index contributed by atoms with van der Waals surface area (Å²) in [6.07, 6.45) is 8.49. The molecule has 3 heterocycles. The van der Waals surface area contributed by atoms with Crippen molar-refractivity contribution in [2.75, 3.05) is 13.1 Å². The maximum atomic E-state index is 12.3. The zero-order valence-electron chi connectivity index (χ0n) is 15.2. The fraction of sp³-hybridized carbons (Fsp3) is 0.474. The normalized spacial score (nSPS) is 16.5. The molecule has 0 radical (unpaired) electrons. The molecule has 1 aliphatic heterocycles. The Labute approximate surface area is 153 Å². The van der Waals surface area contributed by atoms with Crippen LogP contribution in [0.4, 0.5) is 0 Å². The van der Waals surface area contributed by atoms with E-state index in [1.54, 1.807) is 24.8 Å². The molecule has 3 rings (SSSR count). The van der Waals surface area contributed by atoms with Crippen LogP contribution in [-0.4, -0.2) is 51.0 Å². The second kappa shape index (κ2) is 8.23. The number of amides is 1. The number of ether oxygens (including phenoxy) is 1. The van der Waals surface area contributed by atoms with Gasteiger partial charge in [0.2, 0.25) is 5.91 Å². The third-order valence-corrected chi connectivity index (χ3v) is 4.65. The van der Waals surface area contributed by atoms with Gasteiger partial charge in [0.1, 0.15) is 6.10 Å². The van der Waals surface area contributed by atoms with Crippen LogP contribution in [0, 0.1) is 5.92 Å². The van der Waals surface area contributed by atoms with Gasteiger partial charge in [0.15, 0.2) is 0 Å². The summed E-state index contributed by atoms with van der Waals surface area (Å²) in [7, 11) is 0. The lowest BCUT2D eigenvalue weighted by Crippen LogP contribution is -2.50. The second-order valence-corrected chi connectivity index (χ2v) is 6.91. The molecule has 1 fully saturated rings. The summed E-state index contributed by atoms with van der Waals surface area (Å²) >= 11 is 0. The number of likely N-dealkylation sites (tertiary alicyclic amines) is 1. The van der Waals surface area contributed by atoms with Gasteiger partial charge in [-0.15, -0.1) is 0 Å². The van der Waals surface area contributed by atoms with E-state index in [4.69, 9.17) is 10.5 Å². The van der Waals surface area contributed by atoms with Gasteiger partial charge in [0.05, 0.1) is 6.04 Å². The largest absolute Gasteiger partial charge is 0.460 e. The molecule has 0 aliphatic carbocycles. The van der Waals surface area contributed by atoms with Gasteiger partial charge >= 0.3 is 6.01 Å². The van der Waals surface area contributed by atoms with Gasteiger partial charge in [0, 0.05) is 61.8 Å². The SMILES string of the molecule is CC(C)[C@H](N)C(=O)N1CCC(Oc2ncc(-c3cccnc3)cn2)CC1. The molecule has 0 spiro atoms. The average molecular weight is 355 g/mol. The van der Waals surface area contributed by atoms with Crippen LogP contribution in [0.15, 0.2) is 36.9 Å². The minimum Gasteiger partial charge on any atom is -0.460 e. The van der Waals surface area contributed by atoms with Crippen LogP contribution >= 0.6 is 0 Å². The molecule has 2 aromatic rings. The Hall–Kier alpha value is -2.54. The van der Waals surface area contributed by atoms with Crippen molar-refractivity contribution in [3.05, 3.63) is 36.9 Å². The Kier molecular flexibility index (Phi) is 5.78. The van der Waals surface area contributed by atoms with Gasteiger partial charge in [0.25, 0.3) is 0 Å². The molecule has 0 unspecified atom stereocenters. The van der Waals surface area contributed by atoms with Crippen LogP contribution in [0.3, 0.4) is 0 Å². The first kappa shape index (κ1) is 18.3. The number of carbonyl (C=O) groups is 1. The lowest BCUT2D eigenvalue weighted by atomic mass is 10.0. The molecule has 7 nitrogen and oxygen atoms in total. The van der Waals surface area contributed by atoms with Crippen molar-refractivity contribution in [3.63, 3.8) is 0 Å². The number of nitrogens with two attached hydrogens (primary N) is 1. The van der Waals surface area contributed by atoms with E-state index < -0.39 is 6.04 Å². The highest BCUT2D eigenvalue weighted by atomic mass is 16.5. The zero-order chi connectivity index (χ0) is 18.5. The van der Waals surface area contributed by atoms with Gasteiger partial charge in [-0.2, -0.15) is 0 Å². The third-order valence-electron chi connectivity index (χ3n) is 4.65. The number of aromatic nitrogens is 3. The second-order valence-electron chi connectivity index (χ2n) is 6.91. The van der Waals surface area contributed by atoms with E-state index in [0.29, 0.717) is 19.1 Å². The van der Waals surface area contributed by atoms with Crippen LogP contribution in [0.25, 0.3) is 11.1 Å². The molecule has 138 valence electrons. The fourth-order valence-corrected chi connectivity index (χ4v) is 2.90. The van der Waals surface area contributed by atoms with Gasteiger partial charge in [-0.3, -0.25) is 9.78 Å². The summed E-state index contributed by atoms with van der Waals surface area (Å²) in [4.78, 5) is 26.8. The topological polar surface area (TPSA) is 94.2 Å². The summed E-state index contributed by atoms with van der Waals surface area (Å²) in [5.41, 5.74) is 7.83. The number of hydrogen-bond donors (Lipinski definition) is 1. The maximum absolute atomic E-state index is 12.3. The molecule has 0 saturated carbocycles. The van der Waals surface area contributed by atoms with Crippen molar-refractivity contribution in [3.8, 4) is 17.1 Å². The maximum Gasteiger partial charge on any atom is 0.316 e. The molecule has 2 aromatic heterocycles. The highest BCUT2D eigenvalue weighted by Gasteiger charge is 2.28. The van der Waals surface area contributed by atoms with E-state index in [2.05, 4.69) is 15.0 Å². The van der Waals surface area contributed by atoms with Crippen LogP contribution in [0.5, 0.6) is 6.01 Å². The fourth-order valence-electron chi connectivity index (χ4n) is 2.90. The first-order chi connectivity index (χ1) is 12.5. The lowest BCUT2D eigenvalue weighted by molar-refractivity contribution is -0.135. The quantitative estimate of drug-likeness (QED) is 0.880. The molecule has 1 atom stereocenters. The smallest absolute Gasteiger partial charge is 0.316 e. The van der Waals surface area contributed by atoms with E-state index in [0.717, 1.165) is 24.0 Å². The Balaban J connectivity index is 1.53. The van der Waals surface area contributed by atoms with Crippen LogP contribution in [0.2, 0.25) is 0 Å². The van der Waals surface area contributed by atoms with E-state index in [1.165, 1.54) is 0 Å². The van der Waals surface area contributed by atoms with E-state index >= 15 is 0 Å². The molecule has 2 N–H and O–H groups in total. The summed E-state index contributed by atoms with van der Waals surface area (Å²) in [6, 6.07) is 3.76. The number of carbonyl (C=O) groups excluding carboxylic acids is 1. The number of nitrogens with zero attached hydrogens (tertiary/aromatic N) is 4. The Morgan fingerprint density at radius 3 is 2.46 bits per heavy atom. The first-order valence-electron chi connectivity index (χ1n) is 8.98. The van der Waals surface area contributed by atoms with Crippen molar-refractivity contribution in [1.29, 1.82) is 0 Å². The molecule has 7 heteroatoms. The number of hydrogen-bond acceptors (Lipinski definition) is 6. The molecule has 1 aliphatic rings. The van der Waals surface area contributed by atoms with Crippen molar-refractivity contribution >= 4 is 5.91 Å². The van der Waals surface area contributed by atoms with E-state index in [-0.39, 0.29) is 17.9 Å². The van der Waals surface area contributed by atoms with Crippen molar-refractivity contribution in [2.24, 2.45) is 11.7 Å². The first-order valence-corrected chi connectivity index (χ1v) is 8.98. The molecule has 0 aromatic carbocycles. The predicted octanol–water partition coefficient (Wildman–Crippen LogP) is 1.89. The summed E-state index contributed by atoms with van der Waals surface area (Å²) in [5, 5.41) is 0. The monoisotopic (exact) mass is 355 g/mol. The highest BCUT2D eigenvalue weighted by Crippen LogP contribution is 2.20. The van der Waals surface area contributed by atoms with Gasteiger partial charge in [-0.1, -0.05) is 19.9 Å². The standard InChI is InChI=1S/C19H25N5O2/c1-13(2)17(20)18(25)24-8-5-16(6-9-24)26-19-22-11-15(12-23-19)14-4-3-7-21-10-14/h3-4,7,10-13,16-17H,5-6,8-9,20H2,1-2H3/t17-/m0/s1. The van der Waals surface area contributed by atoms with Gasteiger partial charge in [-0.25, -0.2) is 9.97 Å². The predicted molar refractivity (Wildman–Crippen MR) is 98.3 cm³/mol. The minimum absolute atomic E-state index is 0.0126. The van der Waals surface area contributed by atoms with Gasteiger partial charge < -0.3 is 15.4 Å². The van der Waals surface area contributed by atoms with Gasteiger partial charge in [-0.05, 0) is 12.0 Å². The molecule has 26 heavy (non-hydrogen) atoms. The van der Waals surface area contributed by atoms with Crippen molar-refractivity contribution < 1.29 is 9.53 Å². The molecular formula is C19H25N5O2. The lowest BCUT2D eigenvalue weighted by Gasteiger charge is -2.33. The molecular weight excluding hydrogens is 330 g/mol. The van der Waals surface area contributed by atoms with Crippen LogP contribution in [-0.2, 0) is 4.79 Å². The van der Waals surface area contributed by atoms with Crippen molar-refractivity contribution in [1.82, 2.24) is 19.9 Å². The number of rotatable bonds is 5. The van der Waals surface area contributed by atoms with E-state index in [1.807, 2.05) is 30.9 Å². The van der Waals surface area contributed by atoms with E-state index in [9.17, 15) is 4.79 Å². The summed E-state index contributed by atoms with van der Waals surface area (Å²) in [6.45, 7) is 5.23. The Bertz CT molecular complexity index is 712. The summed E-state index contributed by atoms with van der Waals surface area (Å²) in [5.74, 6) is 0.165. The van der Waals surface area contributed by atoms with Crippen LogP contribution in [0.1, 0.15) is 26.7 Å². The third kappa shape index (κ3) is 4.35. The Morgan fingerprint density at radius 2 is 1.88 bits per heavy atom. The number of piperidine rings is 1.